The fourth-order valence-electron chi connectivity index (χ4n) is 3.51. The number of amides is 1. The van der Waals surface area contributed by atoms with Crippen LogP contribution in [0.2, 0.25) is 0 Å². The van der Waals surface area contributed by atoms with E-state index in [1.54, 1.807) is 6.20 Å². The summed E-state index contributed by atoms with van der Waals surface area (Å²) in [6, 6.07) is 0.627. The number of likely N-dealkylation sites (tertiary alicyclic amines) is 1. The standard InChI is InChI=1S/C16H28N6O/c1-2-9-21-10-5-13(6-11-21)18-16(23)15-12-22(20-19-15)14-3-7-17-8-4-14/h12-14,17H,2-11H2,1H3,(H,18,23). The maximum atomic E-state index is 12.4. The predicted octanol–water partition coefficient (Wildman–Crippen LogP) is 0.807. The first-order valence-corrected chi connectivity index (χ1v) is 8.92. The van der Waals surface area contributed by atoms with Gasteiger partial charge in [-0.15, -0.1) is 5.10 Å². The average Bonchev–Trinajstić information content (AvgIpc) is 3.08. The van der Waals surface area contributed by atoms with Gasteiger partial charge in [-0.2, -0.15) is 0 Å². The molecule has 3 heterocycles. The van der Waals surface area contributed by atoms with E-state index >= 15 is 0 Å². The number of carbonyl (C=O) groups is 1. The Labute approximate surface area is 137 Å². The number of nitrogens with zero attached hydrogens (tertiary/aromatic N) is 4. The molecular formula is C16H28N6O. The van der Waals surface area contributed by atoms with Crippen molar-refractivity contribution < 1.29 is 4.79 Å². The van der Waals surface area contributed by atoms with Crippen LogP contribution >= 0.6 is 0 Å². The van der Waals surface area contributed by atoms with E-state index in [-0.39, 0.29) is 11.9 Å². The fraction of sp³-hybridized carbons (Fsp3) is 0.812. The van der Waals surface area contributed by atoms with Crippen molar-refractivity contribution >= 4 is 5.91 Å². The summed E-state index contributed by atoms with van der Waals surface area (Å²) in [5.74, 6) is -0.0841. The van der Waals surface area contributed by atoms with E-state index in [0.29, 0.717) is 11.7 Å². The Morgan fingerprint density at radius 3 is 2.74 bits per heavy atom. The summed E-state index contributed by atoms with van der Waals surface area (Å²) in [5, 5.41) is 14.7. The van der Waals surface area contributed by atoms with Crippen LogP contribution in [0.1, 0.15) is 55.6 Å². The zero-order chi connectivity index (χ0) is 16.1. The molecule has 1 aromatic rings. The van der Waals surface area contributed by atoms with Gasteiger partial charge in [-0.25, -0.2) is 4.68 Å². The van der Waals surface area contributed by atoms with E-state index in [4.69, 9.17) is 0 Å². The third-order valence-corrected chi connectivity index (χ3v) is 4.89. The summed E-state index contributed by atoms with van der Waals surface area (Å²) in [4.78, 5) is 14.8. The van der Waals surface area contributed by atoms with Crippen LogP contribution in [0.5, 0.6) is 0 Å². The molecule has 7 heteroatoms. The van der Waals surface area contributed by atoms with Crippen LogP contribution in [0.4, 0.5) is 0 Å². The smallest absolute Gasteiger partial charge is 0.273 e. The molecule has 0 aliphatic carbocycles. The van der Waals surface area contributed by atoms with E-state index in [0.717, 1.165) is 58.4 Å². The van der Waals surface area contributed by atoms with Crippen LogP contribution < -0.4 is 10.6 Å². The summed E-state index contributed by atoms with van der Waals surface area (Å²) < 4.78 is 1.86. The summed E-state index contributed by atoms with van der Waals surface area (Å²) in [6.07, 6.45) is 7.12. The van der Waals surface area contributed by atoms with Crippen molar-refractivity contribution in [1.82, 2.24) is 30.5 Å². The molecule has 2 fully saturated rings. The Morgan fingerprint density at radius 2 is 2.04 bits per heavy atom. The highest BCUT2D eigenvalue weighted by atomic mass is 16.2. The Balaban J connectivity index is 1.50. The maximum Gasteiger partial charge on any atom is 0.273 e. The van der Waals surface area contributed by atoms with E-state index < -0.39 is 0 Å². The van der Waals surface area contributed by atoms with Crippen molar-refractivity contribution in [2.45, 2.75) is 51.1 Å². The van der Waals surface area contributed by atoms with Crippen LogP contribution in [-0.2, 0) is 0 Å². The Kier molecular flexibility index (Phi) is 5.61. The first-order valence-electron chi connectivity index (χ1n) is 8.92. The number of hydrogen-bond acceptors (Lipinski definition) is 5. The molecule has 1 aromatic heterocycles. The van der Waals surface area contributed by atoms with Gasteiger partial charge in [0.25, 0.3) is 5.91 Å². The number of rotatable bonds is 5. The van der Waals surface area contributed by atoms with Crippen molar-refractivity contribution in [2.24, 2.45) is 0 Å². The molecule has 0 atom stereocenters. The van der Waals surface area contributed by atoms with Gasteiger partial charge in [-0.3, -0.25) is 4.79 Å². The SMILES string of the molecule is CCCN1CCC(NC(=O)c2cn(C3CCNCC3)nn2)CC1. The molecule has 2 aliphatic heterocycles. The van der Waals surface area contributed by atoms with E-state index in [9.17, 15) is 4.79 Å². The van der Waals surface area contributed by atoms with Crippen LogP contribution in [0.15, 0.2) is 6.20 Å². The molecule has 0 bridgehead atoms. The minimum Gasteiger partial charge on any atom is -0.348 e. The molecule has 0 aromatic carbocycles. The summed E-state index contributed by atoms with van der Waals surface area (Å²) in [5.41, 5.74) is 0.444. The monoisotopic (exact) mass is 320 g/mol. The zero-order valence-electron chi connectivity index (χ0n) is 14.0. The average molecular weight is 320 g/mol. The third kappa shape index (κ3) is 4.29. The molecular weight excluding hydrogens is 292 g/mol. The molecule has 0 saturated carbocycles. The molecule has 1 amide bonds. The lowest BCUT2D eigenvalue weighted by atomic mass is 10.0. The van der Waals surface area contributed by atoms with Gasteiger partial charge in [-0.1, -0.05) is 12.1 Å². The van der Waals surface area contributed by atoms with Gasteiger partial charge in [0.2, 0.25) is 0 Å². The van der Waals surface area contributed by atoms with Crippen LogP contribution in [0.25, 0.3) is 0 Å². The molecule has 0 radical (unpaired) electrons. The van der Waals surface area contributed by atoms with E-state index in [1.807, 2.05) is 4.68 Å². The predicted molar refractivity (Wildman–Crippen MR) is 88.4 cm³/mol. The van der Waals surface area contributed by atoms with Crippen molar-refractivity contribution in [3.05, 3.63) is 11.9 Å². The number of aromatic nitrogens is 3. The Bertz CT molecular complexity index is 502. The van der Waals surface area contributed by atoms with Crippen LogP contribution in [-0.4, -0.2) is 64.6 Å². The minimum absolute atomic E-state index is 0.0841. The second-order valence-corrected chi connectivity index (χ2v) is 6.65. The molecule has 2 N–H and O–H groups in total. The first kappa shape index (κ1) is 16.4. The molecule has 0 spiro atoms. The third-order valence-electron chi connectivity index (χ3n) is 4.89. The summed E-state index contributed by atoms with van der Waals surface area (Å²) in [6.45, 7) is 7.51. The van der Waals surface area contributed by atoms with Gasteiger partial charge >= 0.3 is 0 Å². The van der Waals surface area contributed by atoms with Crippen LogP contribution in [0.3, 0.4) is 0 Å². The van der Waals surface area contributed by atoms with E-state index in [1.165, 1.54) is 6.42 Å². The van der Waals surface area contributed by atoms with Gasteiger partial charge in [0.05, 0.1) is 12.2 Å². The summed E-state index contributed by atoms with van der Waals surface area (Å²) in [7, 11) is 0. The molecule has 128 valence electrons. The summed E-state index contributed by atoms with van der Waals surface area (Å²) >= 11 is 0. The Hall–Kier alpha value is -1.47. The number of nitrogens with one attached hydrogen (secondary N) is 2. The van der Waals surface area contributed by atoms with E-state index in [2.05, 4.69) is 32.8 Å². The second-order valence-electron chi connectivity index (χ2n) is 6.65. The first-order chi connectivity index (χ1) is 11.3. The number of carbonyl (C=O) groups excluding carboxylic acids is 1. The number of hydrogen-bond donors (Lipinski definition) is 2. The molecule has 23 heavy (non-hydrogen) atoms. The topological polar surface area (TPSA) is 75.1 Å². The number of piperidine rings is 2. The maximum absolute atomic E-state index is 12.4. The molecule has 3 rings (SSSR count). The lowest BCUT2D eigenvalue weighted by molar-refractivity contribution is 0.0906. The molecule has 2 aliphatic rings. The highest BCUT2D eigenvalue weighted by Crippen LogP contribution is 2.17. The van der Waals surface area contributed by atoms with Crippen LogP contribution in [0, 0.1) is 0 Å². The lowest BCUT2D eigenvalue weighted by Crippen LogP contribution is -2.44. The van der Waals surface area contributed by atoms with Crippen molar-refractivity contribution in [2.75, 3.05) is 32.7 Å². The molecule has 0 unspecified atom stereocenters. The van der Waals surface area contributed by atoms with Crippen molar-refractivity contribution in [3.63, 3.8) is 0 Å². The normalized spacial score (nSPS) is 21.4. The second kappa shape index (κ2) is 7.88. The van der Waals surface area contributed by atoms with Gasteiger partial charge in [0.1, 0.15) is 0 Å². The zero-order valence-corrected chi connectivity index (χ0v) is 14.0. The molecule has 7 nitrogen and oxygen atoms in total. The van der Waals surface area contributed by atoms with Crippen molar-refractivity contribution in [1.29, 1.82) is 0 Å². The fourth-order valence-corrected chi connectivity index (χ4v) is 3.51. The lowest BCUT2D eigenvalue weighted by Gasteiger charge is -2.31. The van der Waals surface area contributed by atoms with Gasteiger partial charge in [0, 0.05) is 19.1 Å². The minimum atomic E-state index is -0.0841. The van der Waals surface area contributed by atoms with Gasteiger partial charge < -0.3 is 15.5 Å². The Morgan fingerprint density at radius 1 is 1.30 bits per heavy atom. The highest BCUT2D eigenvalue weighted by Gasteiger charge is 2.23. The van der Waals surface area contributed by atoms with Crippen molar-refractivity contribution in [3.8, 4) is 0 Å². The molecule has 2 saturated heterocycles. The largest absolute Gasteiger partial charge is 0.348 e. The quantitative estimate of drug-likeness (QED) is 0.840. The van der Waals surface area contributed by atoms with Gasteiger partial charge in [0.15, 0.2) is 5.69 Å². The highest BCUT2D eigenvalue weighted by molar-refractivity contribution is 5.92. The van der Waals surface area contributed by atoms with Gasteiger partial charge in [-0.05, 0) is 51.7 Å².